The molecule has 0 saturated heterocycles. The molecule has 2 atom stereocenters. The largest absolute Gasteiger partial charge is 0.405 e. The van der Waals surface area contributed by atoms with Gasteiger partial charge in [0.25, 0.3) is 0 Å². The highest BCUT2D eigenvalue weighted by Crippen LogP contribution is 2.42. The van der Waals surface area contributed by atoms with E-state index in [-0.39, 0.29) is 18.1 Å². The summed E-state index contributed by atoms with van der Waals surface area (Å²) in [5, 5.41) is 0. The molecule has 2 heterocycles. The van der Waals surface area contributed by atoms with Crippen LogP contribution in [0.4, 0.5) is 0 Å². The zero-order valence-electron chi connectivity index (χ0n) is 19.1. The topological polar surface area (TPSA) is 68.6 Å². The van der Waals surface area contributed by atoms with Crippen molar-refractivity contribution in [2.24, 2.45) is 4.99 Å². The summed E-state index contributed by atoms with van der Waals surface area (Å²) in [5.74, 6) is -0.788. The maximum atomic E-state index is 13.8. The van der Waals surface area contributed by atoms with E-state index in [0.717, 1.165) is 16.7 Å². The van der Waals surface area contributed by atoms with Crippen LogP contribution >= 0.6 is 0 Å². The van der Waals surface area contributed by atoms with Crippen molar-refractivity contribution in [2.45, 2.75) is 24.3 Å². The smallest absolute Gasteiger partial charge is 0.341 e. The molecule has 0 unspecified atom stereocenters. The Morgan fingerprint density at radius 1 is 0.800 bits per heavy atom. The number of ether oxygens (including phenoxy) is 1. The van der Waals surface area contributed by atoms with Crippen LogP contribution in [0.2, 0.25) is 0 Å². The Labute approximate surface area is 204 Å². The summed E-state index contributed by atoms with van der Waals surface area (Å²) in [4.78, 5) is 36.3. The van der Waals surface area contributed by atoms with Crippen molar-refractivity contribution in [3.63, 3.8) is 0 Å². The molecule has 1 aromatic heterocycles. The van der Waals surface area contributed by atoms with E-state index in [1.165, 1.54) is 0 Å². The summed E-state index contributed by atoms with van der Waals surface area (Å²) < 4.78 is 5.81. The van der Waals surface area contributed by atoms with E-state index >= 15 is 0 Å². The van der Waals surface area contributed by atoms with E-state index in [2.05, 4.69) is 4.98 Å². The summed E-state index contributed by atoms with van der Waals surface area (Å²) in [5.41, 5.74) is 1.76. The highest BCUT2D eigenvalue weighted by atomic mass is 16.6. The summed E-state index contributed by atoms with van der Waals surface area (Å²) in [6.45, 7) is 0. The highest BCUT2D eigenvalue weighted by molar-refractivity contribution is 6.09. The third-order valence-electron chi connectivity index (χ3n) is 6.35. The van der Waals surface area contributed by atoms with Crippen molar-refractivity contribution >= 4 is 17.7 Å². The molecule has 5 rings (SSSR count). The lowest BCUT2D eigenvalue weighted by Crippen LogP contribution is -2.43. The van der Waals surface area contributed by atoms with Crippen molar-refractivity contribution in [3.05, 3.63) is 138 Å². The average molecular weight is 461 g/mol. The number of cyclic esters (lactones) is 1. The van der Waals surface area contributed by atoms with Gasteiger partial charge in [0.1, 0.15) is 0 Å². The molecule has 1 aliphatic rings. The Bertz CT molecular complexity index is 1340. The van der Waals surface area contributed by atoms with Gasteiger partial charge in [-0.3, -0.25) is 9.78 Å². The maximum Gasteiger partial charge on any atom is 0.341 e. The van der Waals surface area contributed by atoms with Crippen LogP contribution in [0.1, 0.15) is 39.4 Å². The fourth-order valence-corrected chi connectivity index (χ4v) is 4.58. The van der Waals surface area contributed by atoms with Gasteiger partial charge >= 0.3 is 5.97 Å². The summed E-state index contributed by atoms with van der Waals surface area (Å²) in [6, 6.07) is 31.9. The number of aromatic nitrogens is 1. The first-order valence-corrected chi connectivity index (χ1v) is 11.6. The third-order valence-corrected chi connectivity index (χ3v) is 6.35. The fraction of sp³-hybridized carbons (Fsp3) is 0.133. The number of pyridine rings is 1. The number of hydrogen-bond donors (Lipinski definition) is 0. The molecular formula is C30H24N2O3. The van der Waals surface area contributed by atoms with Gasteiger partial charge in [-0.2, -0.15) is 0 Å². The number of aliphatic imine (C=N–C) groups is 1. The van der Waals surface area contributed by atoms with Crippen LogP contribution in [-0.2, 0) is 16.0 Å². The number of esters is 1. The van der Waals surface area contributed by atoms with Crippen LogP contribution in [0.15, 0.2) is 121 Å². The molecule has 3 aromatic carbocycles. The number of carbonyl (C=O) groups is 2. The van der Waals surface area contributed by atoms with E-state index in [1.54, 1.807) is 24.5 Å². The van der Waals surface area contributed by atoms with Gasteiger partial charge in [0, 0.05) is 42.3 Å². The molecule has 35 heavy (non-hydrogen) atoms. The zero-order chi connectivity index (χ0) is 24.1. The lowest BCUT2D eigenvalue weighted by molar-refractivity contribution is -0.139. The van der Waals surface area contributed by atoms with Crippen molar-refractivity contribution in [1.29, 1.82) is 0 Å². The SMILES string of the molecule is O=C(C[C@H](c1ccncc1)[C@@]1(Cc2ccccc2)N=C(c2ccccc2)OC1=O)c1ccccc1. The number of hydrogen-bond acceptors (Lipinski definition) is 5. The second-order valence-electron chi connectivity index (χ2n) is 8.59. The van der Waals surface area contributed by atoms with Gasteiger partial charge < -0.3 is 4.74 Å². The number of carbonyl (C=O) groups excluding carboxylic acids is 2. The second-order valence-corrected chi connectivity index (χ2v) is 8.59. The molecule has 0 fully saturated rings. The Morgan fingerprint density at radius 3 is 2.06 bits per heavy atom. The molecule has 1 aliphatic heterocycles. The van der Waals surface area contributed by atoms with Gasteiger partial charge in [-0.05, 0) is 35.4 Å². The first-order chi connectivity index (χ1) is 17.2. The van der Waals surface area contributed by atoms with Crippen molar-refractivity contribution < 1.29 is 14.3 Å². The highest BCUT2D eigenvalue weighted by Gasteiger charge is 2.53. The molecule has 0 saturated carbocycles. The molecule has 0 aliphatic carbocycles. The minimum Gasteiger partial charge on any atom is -0.405 e. The summed E-state index contributed by atoms with van der Waals surface area (Å²) in [6.07, 6.45) is 3.75. The van der Waals surface area contributed by atoms with Gasteiger partial charge in [0.2, 0.25) is 5.90 Å². The minimum absolute atomic E-state index is 0.0592. The molecule has 4 aromatic rings. The van der Waals surface area contributed by atoms with Gasteiger partial charge in [0.15, 0.2) is 11.3 Å². The van der Waals surface area contributed by atoms with E-state index in [4.69, 9.17) is 9.73 Å². The van der Waals surface area contributed by atoms with Crippen molar-refractivity contribution in [1.82, 2.24) is 4.98 Å². The second kappa shape index (κ2) is 9.85. The van der Waals surface area contributed by atoms with Crippen LogP contribution < -0.4 is 0 Å². The lowest BCUT2D eigenvalue weighted by atomic mass is 9.73. The third kappa shape index (κ3) is 4.66. The molecule has 5 heteroatoms. The molecule has 172 valence electrons. The van der Waals surface area contributed by atoms with E-state index in [0.29, 0.717) is 12.0 Å². The van der Waals surface area contributed by atoms with Gasteiger partial charge in [-0.25, -0.2) is 9.79 Å². The van der Waals surface area contributed by atoms with E-state index in [1.807, 2.05) is 91.0 Å². The Hall–Kier alpha value is -4.38. The predicted molar refractivity (Wildman–Crippen MR) is 134 cm³/mol. The van der Waals surface area contributed by atoms with Crippen LogP contribution in [0.5, 0.6) is 0 Å². The van der Waals surface area contributed by atoms with E-state index < -0.39 is 17.4 Å². The standard InChI is InChI=1S/C30H24N2O3/c33-27(24-12-6-2-7-13-24)20-26(23-16-18-31-19-17-23)30(21-22-10-4-1-5-11-22)29(34)35-28(32-30)25-14-8-3-9-15-25/h1-19,26H,20-21H2/t26-,30-/m1/s1. The first-order valence-electron chi connectivity index (χ1n) is 11.6. The lowest BCUT2D eigenvalue weighted by Gasteiger charge is -2.32. The quantitative estimate of drug-likeness (QED) is 0.260. The monoisotopic (exact) mass is 460 g/mol. The number of ketones is 1. The molecule has 0 bridgehead atoms. The molecule has 0 amide bonds. The van der Waals surface area contributed by atoms with Crippen LogP contribution in [-0.4, -0.2) is 28.2 Å². The zero-order valence-corrected chi connectivity index (χ0v) is 19.1. The number of rotatable bonds is 8. The predicted octanol–water partition coefficient (Wildman–Crippen LogP) is 5.42. The molecule has 0 spiro atoms. The average Bonchev–Trinajstić information content (AvgIpc) is 3.25. The summed E-state index contributed by atoms with van der Waals surface area (Å²) >= 11 is 0. The summed E-state index contributed by atoms with van der Waals surface area (Å²) in [7, 11) is 0. The normalized spacial score (nSPS) is 17.9. The molecule has 5 nitrogen and oxygen atoms in total. The number of Topliss-reactive ketones (excluding diaryl/α,β-unsaturated/α-hetero) is 1. The molecule has 0 radical (unpaired) electrons. The molecule has 0 N–H and O–H groups in total. The van der Waals surface area contributed by atoms with Gasteiger partial charge in [-0.15, -0.1) is 0 Å². The first kappa shape index (κ1) is 22.4. The number of benzene rings is 3. The van der Waals surface area contributed by atoms with Gasteiger partial charge in [0.05, 0.1) is 0 Å². The van der Waals surface area contributed by atoms with Crippen molar-refractivity contribution in [2.75, 3.05) is 0 Å². The van der Waals surface area contributed by atoms with E-state index in [9.17, 15) is 9.59 Å². The van der Waals surface area contributed by atoms with Crippen molar-refractivity contribution in [3.8, 4) is 0 Å². The van der Waals surface area contributed by atoms with Crippen LogP contribution in [0.25, 0.3) is 0 Å². The molecular weight excluding hydrogens is 436 g/mol. The number of nitrogens with zero attached hydrogens (tertiary/aromatic N) is 2. The Balaban J connectivity index is 1.65. The Kier molecular flexibility index (Phi) is 6.31. The van der Waals surface area contributed by atoms with Crippen LogP contribution in [0, 0.1) is 0 Å². The fourth-order valence-electron chi connectivity index (χ4n) is 4.58. The van der Waals surface area contributed by atoms with Crippen LogP contribution in [0.3, 0.4) is 0 Å². The maximum absolute atomic E-state index is 13.8. The Morgan fingerprint density at radius 2 is 1.40 bits per heavy atom. The minimum atomic E-state index is -1.31. The van der Waals surface area contributed by atoms with Gasteiger partial charge in [-0.1, -0.05) is 78.9 Å².